The standard InChI is InChI=1S/C26H26FN3O2/c27-21-4-1-3-19(11-21)25-23-12-20(13-28-26(23)29-24(25)16-31)18-8-6-17(7-9-18)14-30-10-2-5-22(32)15-30/h1,3-4,6-9,11-13,22,31-32H,2,5,10,14-16H2,(H,28,29). The number of piperidine rings is 1. The van der Waals surface area contributed by atoms with Crippen LogP contribution in [0.4, 0.5) is 4.39 Å². The van der Waals surface area contributed by atoms with E-state index in [1.807, 2.05) is 18.3 Å². The van der Waals surface area contributed by atoms with Crippen LogP contribution in [0.3, 0.4) is 0 Å². The largest absolute Gasteiger partial charge is 0.392 e. The van der Waals surface area contributed by atoms with Crippen molar-refractivity contribution in [1.82, 2.24) is 14.9 Å². The number of fused-ring (bicyclic) bond motifs is 1. The number of β-amino-alcohol motifs (C(OH)–C–C–N with tert-alkyl or cyclic N) is 1. The van der Waals surface area contributed by atoms with E-state index < -0.39 is 0 Å². The number of aliphatic hydroxyl groups excluding tert-OH is 2. The third-order valence-electron chi connectivity index (χ3n) is 6.17. The van der Waals surface area contributed by atoms with Crippen molar-refractivity contribution in [3.63, 3.8) is 0 Å². The SMILES string of the molecule is OCc1[nH]c2ncc(-c3ccc(CN4CCCC(O)C4)cc3)cc2c1-c1cccc(F)c1. The number of aliphatic hydroxyl groups is 2. The first kappa shape index (κ1) is 20.8. The van der Waals surface area contributed by atoms with Gasteiger partial charge in [-0.15, -0.1) is 0 Å². The second kappa shape index (κ2) is 8.82. The van der Waals surface area contributed by atoms with Gasteiger partial charge in [-0.05, 0) is 54.3 Å². The molecule has 1 atom stereocenters. The van der Waals surface area contributed by atoms with Crippen LogP contribution in [0.2, 0.25) is 0 Å². The Morgan fingerprint density at radius 1 is 1.06 bits per heavy atom. The average Bonchev–Trinajstić information content (AvgIpc) is 3.17. The fraction of sp³-hybridized carbons (Fsp3) is 0.269. The van der Waals surface area contributed by atoms with E-state index in [9.17, 15) is 14.6 Å². The van der Waals surface area contributed by atoms with Gasteiger partial charge < -0.3 is 15.2 Å². The molecule has 2 aromatic heterocycles. The van der Waals surface area contributed by atoms with Gasteiger partial charge in [0.25, 0.3) is 0 Å². The van der Waals surface area contributed by atoms with Crippen molar-refractivity contribution in [3.8, 4) is 22.3 Å². The molecule has 5 rings (SSSR count). The van der Waals surface area contributed by atoms with E-state index in [-0.39, 0.29) is 18.5 Å². The molecule has 32 heavy (non-hydrogen) atoms. The number of rotatable bonds is 5. The number of likely N-dealkylation sites (tertiary alicyclic amines) is 1. The maximum atomic E-state index is 13.9. The van der Waals surface area contributed by atoms with Gasteiger partial charge >= 0.3 is 0 Å². The van der Waals surface area contributed by atoms with Crippen molar-refractivity contribution in [3.05, 3.63) is 77.9 Å². The van der Waals surface area contributed by atoms with Gasteiger partial charge in [-0.2, -0.15) is 0 Å². The van der Waals surface area contributed by atoms with Crippen molar-refractivity contribution in [2.45, 2.75) is 32.1 Å². The van der Waals surface area contributed by atoms with Crippen molar-refractivity contribution < 1.29 is 14.6 Å². The minimum Gasteiger partial charge on any atom is -0.392 e. The summed E-state index contributed by atoms with van der Waals surface area (Å²) in [5.74, 6) is -0.318. The van der Waals surface area contributed by atoms with E-state index in [1.54, 1.807) is 6.07 Å². The molecular weight excluding hydrogens is 405 g/mol. The molecule has 2 aromatic carbocycles. The summed E-state index contributed by atoms with van der Waals surface area (Å²) in [5, 5.41) is 20.6. The van der Waals surface area contributed by atoms with Crippen LogP contribution in [-0.2, 0) is 13.2 Å². The quantitative estimate of drug-likeness (QED) is 0.436. The molecule has 0 radical (unpaired) electrons. The number of pyridine rings is 1. The highest BCUT2D eigenvalue weighted by Gasteiger charge is 2.18. The molecule has 0 spiro atoms. The van der Waals surface area contributed by atoms with Gasteiger partial charge in [0, 0.05) is 35.8 Å². The molecule has 3 N–H and O–H groups in total. The third-order valence-corrected chi connectivity index (χ3v) is 6.17. The lowest BCUT2D eigenvalue weighted by Crippen LogP contribution is -2.37. The zero-order valence-corrected chi connectivity index (χ0v) is 17.8. The smallest absolute Gasteiger partial charge is 0.138 e. The van der Waals surface area contributed by atoms with Crippen LogP contribution in [0.5, 0.6) is 0 Å². The number of benzene rings is 2. The minimum absolute atomic E-state index is 0.183. The lowest BCUT2D eigenvalue weighted by Gasteiger charge is -2.29. The van der Waals surface area contributed by atoms with Crippen LogP contribution in [0.1, 0.15) is 24.1 Å². The number of hydrogen-bond acceptors (Lipinski definition) is 4. The fourth-order valence-corrected chi connectivity index (χ4v) is 4.61. The van der Waals surface area contributed by atoms with E-state index in [0.29, 0.717) is 16.9 Å². The van der Waals surface area contributed by atoms with Crippen molar-refractivity contribution in [2.24, 2.45) is 0 Å². The molecule has 0 saturated carbocycles. The highest BCUT2D eigenvalue weighted by Crippen LogP contribution is 2.34. The monoisotopic (exact) mass is 431 g/mol. The lowest BCUT2D eigenvalue weighted by molar-refractivity contribution is 0.0668. The van der Waals surface area contributed by atoms with Gasteiger partial charge in [0.05, 0.1) is 18.4 Å². The Labute approximate surface area is 186 Å². The van der Waals surface area contributed by atoms with Crippen molar-refractivity contribution in [2.75, 3.05) is 13.1 Å². The summed E-state index contributed by atoms with van der Waals surface area (Å²) in [6, 6.07) is 16.8. The van der Waals surface area contributed by atoms with Crippen LogP contribution >= 0.6 is 0 Å². The van der Waals surface area contributed by atoms with E-state index in [2.05, 4.69) is 39.1 Å². The minimum atomic E-state index is -0.318. The first-order chi connectivity index (χ1) is 15.6. The zero-order valence-electron chi connectivity index (χ0n) is 17.8. The number of aromatic nitrogens is 2. The average molecular weight is 432 g/mol. The summed E-state index contributed by atoms with van der Waals surface area (Å²) in [4.78, 5) is 10.0. The Balaban J connectivity index is 1.46. The summed E-state index contributed by atoms with van der Waals surface area (Å²) in [5.41, 5.74) is 5.97. The predicted octanol–water partition coefficient (Wildman–Crippen LogP) is 4.49. The summed E-state index contributed by atoms with van der Waals surface area (Å²) in [7, 11) is 0. The van der Waals surface area contributed by atoms with Crippen LogP contribution in [-0.4, -0.2) is 44.3 Å². The molecule has 6 heteroatoms. The number of nitrogens with zero attached hydrogens (tertiary/aromatic N) is 2. The van der Waals surface area contributed by atoms with Gasteiger partial charge in [-0.3, -0.25) is 4.90 Å². The summed E-state index contributed by atoms with van der Waals surface area (Å²) < 4.78 is 13.9. The van der Waals surface area contributed by atoms with Crippen LogP contribution in [0.15, 0.2) is 60.8 Å². The number of halogens is 1. The molecule has 1 aliphatic rings. The second-order valence-electron chi connectivity index (χ2n) is 8.50. The Morgan fingerprint density at radius 3 is 2.66 bits per heavy atom. The van der Waals surface area contributed by atoms with Crippen LogP contribution < -0.4 is 0 Å². The van der Waals surface area contributed by atoms with Gasteiger partial charge in [-0.25, -0.2) is 9.37 Å². The highest BCUT2D eigenvalue weighted by atomic mass is 19.1. The first-order valence-corrected chi connectivity index (χ1v) is 11.0. The Bertz CT molecular complexity index is 1240. The van der Waals surface area contributed by atoms with Crippen molar-refractivity contribution in [1.29, 1.82) is 0 Å². The van der Waals surface area contributed by atoms with Gasteiger partial charge in [0.2, 0.25) is 0 Å². The van der Waals surface area contributed by atoms with Gasteiger partial charge in [-0.1, -0.05) is 36.4 Å². The number of aromatic amines is 1. The Hall–Kier alpha value is -3.06. The van der Waals surface area contributed by atoms with Crippen LogP contribution in [0.25, 0.3) is 33.3 Å². The molecule has 1 saturated heterocycles. The molecule has 1 unspecified atom stereocenters. The molecular formula is C26H26FN3O2. The molecule has 3 heterocycles. The van der Waals surface area contributed by atoms with E-state index >= 15 is 0 Å². The van der Waals surface area contributed by atoms with E-state index in [4.69, 9.17) is 0 Å². The van der Waals surface area contributed by atoms with Gasteiger partial charge in [0.15, 0.2) is 0 Å². The van der Waals surface area contributed by atoms with Crippen LogP contribution in [0, 0.1) is 5.82 Å². The molecule has 0 bridgehead atoms. The maximum absolute atomic E-state index is 13.9. The summed E-state index contributed by atoms with van der Waals surface area (Å²) in [6.45, 7) is 2.39. The molecule has 0 amide bonds. The molecule has 0 aliphatic carbocycles. The third kappa shape index (κ3) is 4.17. The molecule has 1 aliphatic heterocycles. The Morgan fingerprint density at radius 2 is 1.91 bits per heavy atom. The molecule has 4 aromatic rings. The topological polar surface area (TPSA) is 72.4 Å². The Kier molecular flexibility index (Phi) is 5.74. The number of H-pyrrole nitrogens is 1. The highest BCUT2D eigenvalue weighted by molar-refractivity contribution is 5.97. The molecule has 5 nitrogen and oxygen atoms in total. The lowest BCUT2D eigenvalue weighted by atomic mass is 9.99. The predicted molar refractivity (Wildman–Crippen MR) is 123 cm³/mol. The number of hydrogen-bond donors (Lipinski definition) is 3. The first-order valence-electron chi connectivity index (χ1n) is 11.0. The second-order valence-corrected chi connectivity index (χ2v) is 8.50. The van der Waals surface area contributed by atoms with Crippen molar-refractivity contribution >= 4 is 11.0 Å². The maximum Gasteiger partial charge on any atom is 0.138 e. The van der Waals surface area contributed by atoms with E-state index in [1.165, 1.54) is 17.7 Å². The summed E-state index contributed by atoms with van der Waals surface area (Å²) in [6.07, 6.45) is 3.51. The fourth-order valence-electron chi connectivity index (χ4n) is 4.61. The normalized spacial score (nSPS) is 17.2. The molecule has 164 valence electrons. The number of nitrogens with one attached hydrogen (secondary N) is 1. The molecule has 1 fully saturated rings. The van der Waals surface area contributed by atoms with Gasteiger partial charge in [0.1, 0.15) is 11.5 Å². The summed E-state index contributed by atoms with van der Waals surface area (Å²) >= 11 is 0. The van der Waals surface area contributed by atoms with E-state index in [0.717, 1.165) is 54.6 Å². The zero-order chi connectivity index (χ0) is 22.1.